The summed E-state index contributed by atoms with van der Waals surface area (Å²) < 4.78 is 5.51. The Kier molecular flexibility index (Phi) is 5.09. The number of benzene rings is 1. The Morgan fingerprint density at radius 3 is 2.75 bits per heavy atom. The first-order chi connectivity index (χ1) is 9.65. The number of nitrogens with zero attached hydrogens (tertiary/aromatic N) is 1. The van der Waals surface area contributed by atoms with E-state index in [0.29, 0.717) is 18.9 Å². The zero-order chi connectivity index (χ0) is 14.4. The number of thiazole rings is 1. The maximum absolute atomic E-state index is 10.7. The predicted molar refractivity (Wildman–Crippen MR) is 77.5 cm³/mol. The zero-order valence-electron chi connectivity index (χ0n) is 11.1. The number of hydrogen-bond donors (Lipinski definition) is 2. The van der Waals surface area contributed by atoms with E-state index in [0.717, 1.165) is 17.2 Å². The summed E-state index contributed by atoms with van der Waals surface area (Å²) in [7, 11) is 0. The van der Waals surface area contributed by atoms with E-state index in [-0.39, 0.29) is 5.56 Å². The lowest BCUT2D eigenvalue weighted by Gasteiger charge is -2.07. The molecule has 0 unspecified atom stereocenters. The van der Waals surface area contributed by atoms with Crippen LogP contribution in [0.4, 0.5) is 0 Å². The summed E-state index contributed by atoms with van der Waals surface area (Å²) in [5.74, 6) is -0.265. The number of aryl methyl sites for hydroxylation is 1. The Labute approximate surface area is 121 Å². The van der Waals surface area contributed by atoms with Gasteiger partial charge in [0.15, 0.2) is 0 Å². The van der Waals surface area contributed by atoms with Crippen LogP contribution in [0.3, 0.4) is 0 Å². The second kappa shape index (κ2) is 7.02. The highest BCUT2D eigenvalue weighted by molar-refractivity contribution is 7.09. The molecule has 5 nitrogen and oxygen atoms in total. The number of ether oxygens (including phenoxy) is 1. The fraction of sp³-hybridized carbons (Fsp3) is 0.286. The van der Waals surface area contributed by atoms with Crippen LogP contribution in [-0.2, 0) is 6.54 Å². The number of rotatable bonds is 7. The normalized spacial score (nSPS) is 10.4. The van der Waals surface area contributed by atoms with E-state index >= 15 is 0 Å². The molecule has 0 aliphatic carbocycles. The van der Waals surface area contributed by atoms with Gasteiger partial charge < -0.3 is 15.2 Å². The van der Waals surface area contributed by atoms with Gasteiger partial charge in [-0.1, -0.05) is 0 Å². The van der Waals surface area contributed by atoms with E-state index in [4.69, 9.17) is 9.84 Å². The molecule has 2 rings (SSSR count). The lowest BCUT2D eigenvalue weighted by Crippen LogP contribution is -2.20. The van der Waals surface area contributed by atoms with Crippen LogP contribution in [0.2, 0.25) is 0 Å². The van der Waals surface area contributed by atoms with Crippen molar-refractivity contribution in [3.05, 3.63) is 45.9 Å². The Balaban J connectivity index is 1.66. The molecule has 0 radical (unpaired) electrons. The molecule has 0 bridgehead atoms. The largest absolute Gasteiger partial charge is 0.492 e. The molecule has 0 saturated carbocycles. The van der Waals surface area contributed by atoms with E-state index in [1.54, 1.807) is 23.5 Å². The fourth-order valence-corrected chi connectivity index (χ4v) is 2.36. The third kappa shape index (κ3) is 4.32. The van der Waals surface area contributed by atoms with Gasteiger partial charge in [-0.15, -0.1) is 11.3 Å². The van der Waals surface area contributed by atoms with Crippen molar-refractivity contribution in [3.63, 3.8) is 0 Å². The van der Waals surface area contributed by atoms with Gasteiger partial charge in [-0.2, -0.15) is 0 Å². The molecule has 2 N–H and O–H groups in total. The van der Waals surface area contributed by atoms with Gasteiger partial charge in [0.25, 0.3) is 0 Å². The molecule has 6 heteroatoms. The summed E-state index contributed by atoms with van der Waals surface area (Å²) in [6, 6.07) is 6.38. The van der Waals surface area contributed by atoms with Gasteiger partial charge in [-0.05, 0) is 31.2 Å². The molecule has 0 fully saturated rings. The second-order valence-corrected chi connectivity index (χ2v) is 5.18. The zero-order valence-corrected chi connectivity index (χ0v) is 11.9. The van der Waals surface area contributed by atoms with Crippen molar-refractivity contribution in [1.82, 2.24) is 10.3 Å². The van der Waals surface area contributed by atoms with Crippen LogP contribution in [0.15, 0.2) is 29.6 Å². The Morgan fingerprint density at radius 1 is 1.40 bits per heavy atom. The summed E-state index contributed by atoms with van der Waals surface area (Å²) in [6.07, 6.45) is 0. The Bertz CT molecular complexity index is 566. The molecule has 1 heterocycles. The number of carboxylic acid groups (broad SMARTS) is 1. The lowest BCUT2D eigenvalue weighted by molar-refractivity contribution is 0.0697. The van der Waals surface area contributed by atoms with Gasteiger partial charge >= 0.3 is 5.97 Å². The molecule has 0 aliphatic heterocycles. The predicted octanol–water partition coefficient (Wildman–Crippen LogP) is 2.32. The molecule has 106 valence electrons. The van der Waals surface area contributed by atoms with Crippen molar-refractivity contribution in [2.24, 2.45) is 0 Å². The standard InChI is InChI=1S/C14H16N2O3S/c1-10-9-20-13(16-10)8-15-6-7-19-12-4-2-11(3-5-12)14(17)18/h2-5,9,15H,6-8H2,1H3,(H,17,18). The number of carbonyl (C=O) groups is 1. The first-order valence-corrected chi connectivity index (χ1v) is 7.11. The number of aromatic nitrogens is 1. The molecule has 1 aromatic heterocycles. The highest BCUT2D eigenvalue weighted by Crippen LogP contribution is 2.12. The van der Waals surface area contributed by atoms with Crippen LogP contribution in [0.25, 0.3) is 0 Å². The van der Waals surface area contributed by atoms with Crippen LogP contribution in [-0.4, -0.2) is 29.2 Å². The van der Waals surface area contributed by atoms with Crippen molar-refractivity contribution < 1.29 is 14.6 Å². The fourth-order valence-electron chi connectivity index (χ4n) is 1.61. The second-order valence-electron chi connectivity index (χ2n) is 4.24. The summed E-state index contributed by atoms with van der Waals surface area (Å²) in [4.78, 5) is 15.0. The smallest absolute Gasteiger partial charge is 0.335 e. The number of hydrogen-bond acceptors (Lipinski definition) is 5. The van der Waals surface area contributed by atoms with E-state index in [2.05, 4.69) is 10.3 Å². The van der Waals surface area contributed by atoms with Gasteiger partial charge in [0.1, 0.15) is 17.4 Å². The highest BCUT2D eigenvalue weighted by Gasteiger charge is 2.02. The molecule has 1 aromatic carbocycles. The van der Waals surface area contributed by atoms with Gasteiger partial charge in [0.2, 0.25) is 0 Å². The monoisotopic (exact) mass is 292 g/mol. The van der Waals surface area contributed by atoms with Crippen molar-refractivity contribution in [2.75, 3.05) is 13.2 Å². The minimum absolute atomic E-state index is 0.259. The molecule has 2 aromatic rings. The van der Waals surface area contributed by atoms with Crippen molar-refractivity contribution in [2.45, 2.75) is 13.5 Å². The third-order valence-corrected chi connectivity index (χ3v) is 3.56. The van der Waals surface area contributed by atoms with E-state index < -0.39 is 5.97 Å². The van der Waals surface area contributed by atoms with Crippen LogP contribution < -0.4 is 10.1 Å². The maximum atomic E-state index is 10.7. The maximum Gasteiger partial charge on any atom is 0.335 e. The molecule has 0 saturated heterocycles. The van der Waals surface area contributed by atoms with Gasteiger partial charge in [0, 0.05) is 24.2 Å². The summed E-state index contributed by atoms with van der Waals surface area (Å²) in [6.45, 7) is 3.94. The minimum Gasteiger partial charge on any atom is -0.492 e. The average molecular weight is 292 g/mol. The van der Waals surface area contributed by atoms with Crippen LogP contribution >= 0.6 is 11.3 Å². The summed E-state index contributed by atoms with van der Waals surface area (Å²) in [5.41, 5.74) is 1.30. The number of aromatic carboxylic acids is 1. The third-order valence-electron chi connectivity index (χ3n) is 2.59. The van der Waals surface area contributed by atoms with Crippen LogP contribution in [0.5, 0.6) is 5.75 Å². The van der Waals surface area contributed by atoms with Crippen LogP contribution in [0.1, 0.15) is 21.1 Å². The lowest BCUT2D eigenvalue weighted by atomic mass is 10.2. The van der Waals surface area contributed by atoms with Crippen molar-refractivity contribution in [1.29, 1.82) is 0 Å². The average Bonchev–Trinajstić information content (AvgIpc) is 2.84. The Morgan fingerprint density at radius 2 is 2.15 bits per heavy atom. The minimum atomic E-state index is -0.933. The molecular formula is C14H16N2O3S. The van der Waals surface area contributed by atoms with Gasteiger partial charge in [-0.25, -0.2) is 9.78 Å². The molecule has 20 heavy (non-hydrogen) atoms. The number of carboxylic acids is 1. The van der Waals surface area contributed by atoms with Gasteiger partial charge in [-0.3, -0.25) is 0 Å². The molecular weight excluding hydrogens is 276 g/mol. The molecule has 0 aliphatic rings. The first kappa shape index (κ1) is 14.5. The number of nitrogens with one attached hydrogen (secondary N) is 1. The first-order valence-electron chi connectivity index (χ1n) is 6.23. The Hall–Kier alpha value is -1.92. The van der Waals surface area contributed by atoms with Crippen molar-refractivity contribution >= 4 is 17.3 Å². The molecule has 0 spiro atoms. The summed E-state index contributed by atoms with van der Waals surface area (Å²) >= 11 is 1.64. The topological polar surface area (TPSA) is 71.5 Å². The van der Waals surface area contributed by atoms with Crippen LogP contribution in [0, 0.1) is 6.92 Å². The molecule has 0 amide bonds. The highest BCUT2D eigenvalue weighted by atomic mass is 32.1. The van der Waals surface area contributed by atoms with E-state index in [1.807, 2.05) is 12.3 Å². The van der Waals surface area contributed by atoms with Gasteiger partial charge in [0.05, 0.1) is 5.56 Å². The van der Waals surface area contributed by atoms with E-state index in [9.17, 15) is 4.79 Å². The molecule has 0 atom stereocenters. The summed E-state index contributed by atoms with van der Waals surface area (Å²) in [5, 5.41) is 15.1. The SMILES string of the molecule is Cc1csc(CNCCOc2ccc(C(=O)O)cc2)n1. The van der Waals surface area contributed by atoms with E-state index in [1.165, 1.54) is 12.1 Å². The van der Waals surface area contributed by atoms with Crippen molar-refractivity contribution in [3.8, 4) is 5.75 Å². The quantitative estimate of drug-likeness (QED) is 0.766.